The Morgan fingerprint density at radius 3 is 2.16 bits per heavy atom. The number of aromatic nitrogens is 3. The second-order valence-electron chi connectivity index (χ2n) is 9.41. The first-order valence-corrected chi connectivity index (χ1v) is 14.0. The van der Waals surface area contributed by atoms with Crippen molar-refractivity contribution >= 4 is 32.6 Å². The van der Waals surface area contributed by atoms with Crippen LogP contribution in [0.15, 0.2) is 32.6 Å². The molecule has 1 saturated carbocycles. The van der Waals surface area contributed by atoms with Crippen LogP contribution in [-0.4, -0.2) is 46.6 Å². The molecule has 11 nitrogen and oxygen atoms in total. The van der Waals surface area contributed by atoms with Crippen molar-refractivity contribution in [2.24, 2.45) is 7.05 Å². The van der Waals surface area contributed by atoms with Gasteiger partial charge in [0.1, 0.15) is 17.0 Å². The molecular weight excluding hydrogens is 515 g/mol. The number of nitrogens with zero attached hydrogens (tertiary/aromatic N) is 4. The molecule has 2 aromatic heterocycles. The van der Waals surface area contributed by atoms with E-state index < -0.39 is 38.9 Å². The Hall–Kier alpha value is -3.29. The molecule has 1 aromatic carbocycles. The van der Waals surface area contributed by atoms with Gasteiger partial charge in [0, 0.05) is 38.8 Å². The zero-order chi connectivity index (χ0) is 28.1. The molecule has 1 aliphatic heterocycles. The van der Waals surface area contributed by atoms with Crippen molar-refractivity contribution in [2.75, 3.05) is 25.5 Å². The number of pyridine rings is 1. The van der Waals surface area contributed by atoms with Gasteiger partial charge in [-0.1, -0.05) is 19.9 Å². The quantitative estimate of drug-likeness (QED) is 0.485. The summed E-state index contributed by atoms with van der Waals surface area (Å²) in [6.45, 7) is 7.28. The summed E-state index contributed by atoms with van der Waals surface area (Å²) in [5.74, 6) is -0.491. The Morgan fingerprint density at radius 2 is 1.61 bits per heavy atom. The van der Waals surface area contributed by atoms with Crippen LogP contribution in [0.3, 0.4) is 0 Å². The fraction of sp³-hybridized carbons (Fsp3) is 0.480. The lowest BCUT2D eigenvalue weighted by molar-refractivity contribution is 0.199. The van der Waals surface area contributed by atoms with Crippen LogP contribution in [0.4, 0.5) is 15.9 Å². The number of hydrogen-bond acceptors (Lipinski definition) is 6. The monoisotopic (exact) mass is 548 g/mol. The largest absolute Gasteiger partial charge is 0.338 e. The molecule has 13 heteroatoms. The highest BCUT2D eigenvalue weighted by Gasteiger charge is 2.40. The molecule has 0 unspecified atom stereocenters. The molecule has 2 fully saturated rings. The van der Waals surface area contributed by atoms with Gasteiger partial charge in [-0.05, 0) is 44.4 Å². The topological polar surface area (TPSA) is 127 Å². The number of benzene rings is 1. The van der Waals surface area contributed by atoms with E-state index in [0.29, 0.717) is 18.4 Å². The van der Waals surface area contributed by atoms with Crippen molar-refractivity contribution in [3.05, 3.63) is 66.3 Å². The van der Waals surface area contributed by atoms with Crippen molar-refractivity contribution < 1.29 is 12.8 Å². The van der Waals surface area contributed by atoms with Crippen LogP contribution < -0.4 is 26.8 Å². The van der Waals surface area contributed by atoms with E-state index in [1.54, 1.807) is 13.0 Å². The van der Waals surface area contributed by atoms with E-state index in [9.17, 15) is 27.2 Å². The molecule has 5 rings (SSSR count). The first-order valence-electron chi connectivity index (χ1n) is 12.6. The molecule has 1 saturated heterocycles. The van der Waals surface area contributed by atoms with Gasteiger partial charge in [0.05, 0.1) is 17.2 Å². The summed E-state index contributed by atoms with van der Waals surface area (Å²) in [6.07, 6.45) is 1.32. The standard InChI is InChI=1S/C23H27FN6O5S.C2H6/c1-12-5-8-17(16(24)9-12)26-20-18-19(13(2)21(31)27(20)4)29(15-10-28(11-15)36(34,35)25-3)23(33)30(22(18)32)14-6-7-14;1-2/h5,8-9,14-15,25-26H,6-7,10-11H2,1-4H3;1-2H3. The van der Waals surface area contributed by atoms with Gasteiger partial charge < -0.3 is 5.32 Å². The minimum Gasteiger partial charge on any atom is -0.338 e. The third-order valence-electron chi connectivity index (χ3n) is 6.96. The molecule has 0 atom stereocenters. The molecule has 1 aliphatic carbocycles. The van der Waals surface area contributed by atoms with Crippen LogP contribution in [0.2, 0.25) is 0 Å². The van der Waals surface area contributed by atoms with Crippen molar-refractivity contribution in [1.82, 2.24) is 22.7 Å². The van der Waals surface area contributed by atoms with Gasteiger partial charge in [0.25, 0.3) is 21.3 Å². The maximum Gasteiger partial charge on any atom is 0.332 e. The number of nitrogens with one attached hydrogen (secondary N) is 2. The van der Waals surface area contributed by atoms with Crippen molar-refractivity contribution in [3.8, 4) is 0 Å². The third kappa shape index (κ3) is 4.48. The predicted molar refractivity (Wildman–Crippen MR) is 145 cm³/mol. The first-order chi connectivity index (χ1) is 18.0. The van der Waals surface area contributed by atoms with Crippen LogP contribution in [0.1, 0.15) is 49.9 Å². The summed E-state index contributed by atoms with van der Waals surface area (Å²) in [5.41, 5.74) is -0.524. The molecule has 3 aromatic rings. The zero-order valence-corrected chi connectivity index (χ0v) is 23.1. The molecule has 3 heterocycles. The van der Waals surface area contributed by atoms with E-state index in [2.05, 4.69) is 10.0 Å². The minimum absolute atomic E-state index is 0.00501. The van der Waals surface area contributed by atoms with Gasteiger partial charge in [0.2, 0.25) is 0 Å². The Labute approximate surface area is 219 Å². The Balaban J connectivity index is 0.00000164. The summed E-state index contributed by atoms with van der Waals surface area (Å²) in [5, 5.41) is 2.99. The fourth-order valence-electron chi connectivity index (χ4n) is 4.74. The minimum atomic E-state index is -3.69. The summed E-state index contributed by atoms with van der Waals surface area (Å²) < 4.78 is 46.3. The maximum atomic E-state index is 14.7. The van der Waals surface area contributed by atoms with Crippen molar-refractivity contribution in [2.45, 2.75) is 52.6 Å². The second-order valence-corrected chi connectivity index (χ2v) is 11.3. The number of fused-ring (bicyclic) bond motifs is 1. The van der Waals surface area contributed by atoms with E-state index in [1.165, 1.54) is 51.2 Å². The second kappa shape index (κ2) is 10.1. The summed E-state index contributed by atoms with van der Waals surface area (Å²) in [7, 11) is -0.918. The van der Waals surface area contributed by atoms with Crippen LogP contribution in [0.5, 0.6) is 0 Å². The van der Waals surface area contributed by atoms with Gasteiger partial charge in [-0.15, -0.1) is 0 Å². The Bertz CT molecular complexity index is 1700. The lowest BCUT2D eigenvalue weighted by Gasteiger charge is -2.39. The predicted octanol–water partition coefficient (Wildman–Crippen LogP) is 2.04. The summed E-state index contributed by atoms with van der Waals surface area (Å²) in [4.78, 5) is 40.6. The normalized spacial score (nSPS) is 16.2. The van der Waals surface area contributed by atoms with Crippen molar-refractivity contribution in [3.63, 3.8) is 0 Å². The van der Waals surface area contributed by atoms with Crippen molar-refractivity contribution in [1.29, 1.82) is 0 Å². The molecule has 0 amide bonds. The Kier molecular flexibility index (Phi) is 7.38. The lowest BCUT2D eigenvalue weighted by Crippen LogP contribution is -2.57. The van der Waals surface area contributed by atoms with Crippen LogP contribution in [0, 0.1) is 19.7 Å². The van der Waals surface area contributed by atoms with E-state index in [4.69, 9.17) is 0 Å². The fourth-order valence-corrected chi connectivity index (χ4v) is 5.73. The highest BCUT2D eigenvalue weighted by atomic mass is 32.2. The smallest absolute Gasteiger partial charge is 0.332 e. The summed E-state index contributed by atoms with van der Waals surface area (Å²) >= 11 is 0. The average molecular weight is 549 g/mol. The molecule has 2 aliphatic rings. The van der Waals surface area contributed by atoms with Gasteiger partial charge in [-0.25, -0.2) is 13.9 Å². The molecule has 0 radical (unpaired) electrons. The molecule has 38 heavy (non-hydrogen) atoms. The Morgan fingerprint density at radius 1 is 0.974 bits per heavy atom. The highest BCUT2D eigenvalue weighted by Crippen LogP contribution is 2.35. The van der Waals surface area contributed by atoms with E-state index in [1.807, 2.05) is 13.8 Å². The highest BCUT2D eigenvalue weighted by molar-refractivity contribution is 7.87. The zero-order valence-electron chi connectivity index (χ0n) is 22.3. The molecule has 0 spiro atoms. The number of halogens is 1. The van der Waals surface area contributed by atoms with Gasteiger partial charge in [-0.2, -0.15) is 12.7 Å². The average Bonchev–Trinajstić information content (AvgIpc) is 3.68. The van der Waals surface area contributed by atoms with E-state index in [0.717, 1.165) is 0 Å². The molecular formula is C25H33FN6O5S. The van der Waals surface area contributed by atoms with E-state index in [-0.39, 0.29) is 47.1 Å². The van der Waals surface area contributed by atoms with Crippen LogP contribution in [0.25, 0.3) is 10.9 Å². The third-order valence-corrected chi connectivity index (χ3v) is 8.45. The molecule has 0 bridgehead atoms. The first kappa shape index (κ1) is 27.7. The van der Waals surface area contributed by atoms with Crippen LogP contribution in [-0.2, 0) is 17.3 Å². The van der Waals surface area contributed by atoms with E-state index >= 15 is 0 Å². The SMILES string of the molecule is CC.CNS(=O)(=O)N1CC(n2c(=O)n(C3CC3)c(=O)c3c(Nc4ccc(C)cc4F)n(C)c(=O)c(C)c32)C1. The molecule has 206 valence electrons. The molecule has 2 N–H and O–H groups in total. The van der Waals surface area contributed by atoms with Gasteiger partial charge in [-0.3, -0.25) is 23.3 Å². The number of anilines is 2. The summed E-state index contributed by atoms with van der Waals surface area (Å²) in [6, 6.07) is 3.69. The van der Waals surface area contributed by atoms with Gasteiger partial charge >= 0.3 is 5.69 Å². The van der Waals surface area contributed by atoms with Gasteiger partial charge in [0.15, 0.2) is 0 Å². The lowest BCUT2D eigenvalue weighted by atomic mass is 10.1. The maximum absolute atomic E-state index is 14.7. The van der Waals surface area contributed by atoms with Crippen LogP contribution >= 0.6 is 0 Å². The number of hydrogen-bond donors (Lipinski definition) is 2. The number of aryl methyl sites for hydroxylation is 2. The number of rotatable bonds is 6.